The molecule has 2 aromatic carbocycles. The van der Waals surface area contributed by atoms with Gasteiger partial charge in [0.1, 0.15) is 0 Å². The Morgan fingerprint density at radius 2 is 1.86 bits per heavy atom. The molecule has 0 spiro atoms. The van der Waals surface area contributed by atoms with Crippen molar-refractivity contribution in [1.82, 2.24) is 5.32 Å². The first-order valence-corrected chi connectivity index (χ1v) is 8.05. The predicted octanol–water partition coefficient (Wildman–Crippen LogP) is 4.19. The van der Waals surface area contributed by atoms with Crippen molar-refractivity contribution >= 4 is 11.8 Å². The zero-order valence-electron chi connectivity index (χ0n) is 13.0. The molecule has 0 aliphatic rings. The molecule has 0 aliphatic heterocycles. The van der Waals surface area contributed by atoms with E-state index < -0.39 is 0 Å². The quantitative estimate of drug-likeness (QED) is 0.775. The van der Waals surface area contributed by atoms with Crippen LogP contribution in [-0.4, -0.2) is 20.3 Å². The summed E-state index contributed by atoms with van der Waals surface area (Å²) >= 11 is 1.83. The summed E-state index contributed by atoms with van der Waals surface area (Å²) in [6, 6.07) is 15.2. The Hall–Kier alpha value is -1.29. The molecule has 0 saturated carbocycles. The van der Waals surface area contributed by atoms with Crippen LogP contribution < -0.4 is 5.32 Å². The Labute approximate surface area is 131 Å². The average molecular weight is 301 g/mol. The van der Waals surface area contributed by atoms with E-state index in [9.17, 15) is 0 Å². The average Bonchev–Trinajstić information content (AvgIpc) is 2.49. The Kier molecular flexibility index (Phi) is 6.30. The largest absolute Gasteiger partial charge is 0.383 e. The van der Waals surface area contributed by atoms with Gasteiger partial charge in [-0.2, -0.15) is 0 Å². The third-order valence-electron chi connectivity index (χ3n) is 3.48. The Bertz CT molecular complexity index is 583. The zero-order valence-corrected chi connectivity index (χ0v) is 13.8. The van der Waals surface area contributed by atoms with Gasteiger partial charge in [0.05, 0.1) is 6.61 Å². The van der Waals surface area contributed by atoms with Gasteiger partial charge in [0, 0.05) is 30.0 Å². The molecule has 0 fully saturated rings. The van der Waals surface area contributed by atoms with Gasteiger partial charge in [-0.05, 0) is 48.7 Å². The first-order chi connectivity index (χ1) is 10.2. The van der Waals surface area contributed by atoms with Crippen molar-refractivity contribution in [3.8, 4) is 0 Å². The van der Waals surface area contributed by atoms with Gasteiger partial charge in [-0.25, -0.2) is 0 Å². The Morgan fingerprint density at radius 1 is 1.05 bits per heavy atom. The summed E-state index contributed by atoms with van der Waals surface area (Å²) in [6.45, 7) is 6.80. The molecule has 0 bridgehead atoms. The van der Waals surface area contributed by atoms with Crippen LogP contribution in [-0.2, 0) is 11.3 Å². The minimum atomic E-state index is 0.743. The monoisotopic (exact) mass is 301 g/mol. The van der Waals surface area contributed by atoms with Crippen molar-refractivity contribution in [2.24, 2.45) is 0 Å². The lowest BCUT2D eigenvalue weighted by Crippen LogP contribution is -2.18. The molecular formula is C18H23NOS. The van der Waals surface area contributed by atoms with Crippen LogP contribution in [0.2, 0.25) is 0 Å². The summed E-state index contributed by atoms with van der Waals surface area (Å²) < 4.78 is 5.06. The van der Waals surface area contributed by atoms with Crippen molar-refractivity contribution in [2.45, 2.75) is 30.2 Å². The van der Waals surface area contributed by atoms with Crippen molar-refractivity contribution in [3.63, 3.8) is 0 Å². The molecule has 0 aliphatic carbocycles. The lowest BCUT2D eigenvalue weighted by atomic mass is 10.1. The lowest BCUT2D eigenvalue weighted by molar-refractivity contribution is 0.199. The van der Waals surface area contributed by atoms with Crippen LogP contribution in [0.5, 0.6) is 0 Å². The summed E-state index contributed by atoms with van der Waals surface area (Å²) in [4.78, 5) is 2.60. The fourth-order valence-electron chi connectivity index (χ4n) is 2.05. The van der Waals surface area contributed by atoms with Gasteiger partial charge in [-0.1, -0.05) is 36.0 Å². The van der Waals surface area contributed by atoms with Crippen LogP contribution in [0, 0.1) is 13.8 Å². The van der Waals surface area contributed by atoms with Gasteiger partial charge in [0.15, 0.2) is 0 Å². The summed E-state index contributed by atoms with van der Waals surface area (Å²) in [7, 11) is 1.73. The number of nitrogens with one attached hydrogen (secondary N) is 1. The highest BCUT2D eigenvalue weighted by Crippen LogP contribution is 2.31. The second-order valence-electron chi connectivity index (χ2n) is 5.13. The van der Waals surface area contributed by atoms with E-state index in [1.54, 1.807) is 7.11 Å². The molecule has 3 heteroatoms. The van der Waals surface area contributed by atoms with Gasteiger partial charge in [-0.3, -0.25) is 0 Å². The molecule has 0 amide bonds. The van der Waals surface area contributed by atoms with Gasteiger partial charge in [0.25, 0.3) is 0 Å². The van der Waals surface area contributed by atoms with Crippen LogP contribution in [0.3, 0.4) is 0 Å². The number of ether oxygens (including phenoxy) is 1. The van der Waals surface area contributed by atoms with Crippen LogP contribution in [0.15, 0.2) is 52.3 Å². The predicted molar refractivity (Wildman–Crippen MR) is 90.1 cm³/mol. The highest BCUT2D eigenvalue weighted by Gasteiger charge is 2.04. The van der Waals surface area contributed by atoms with Gasteiger partial charge in [0.2, 0.25) is 0 Å². The van der Waals surface area contributed by atoms with E-state index in [0.29, 0.717) is 0 Å². The Morgan fingerprint density at radius 3 is 2.62 bits per heavy atom. The summed E-state index contributed by atoms with van der Waals surface area (Å²) in [5.41, 5.74) is 4.02. The molecule has 0 unspecified atom stereocenters. The molecule has 0 aromatic heterocycles. The van der Waals surface area contributed by atoms with Crippen molar-refractivity contribution in [2.75, 3.05) is 20.3 Å². The van der Waals surface area contributed by atoms with E-state index in [-0.39, 0.29) is 0 Å². The first kappa shape index (κ1) is 16.1. The van der Waals surface area contributed by atoms with Gasteiger partial charge >= 0.3 is 0 Å². The van der Waals surface area contributed by atoms with Crippen LogP contribution in [0.25, 0.3) is 0 Å². The van der Waals surface area contributed by atoms with E-state index in [2.05, 4.69) is 61.6 Å². The molecule has 2 aromatic rings. The first-order valence-electron chi connectivity index (χ1n) is 7.23. The number of benzene rings is 2. The topological polar surface area (TPSA) is 21.3 Å². The van der Waals surface area contributed by atoms with Crippen molar-refractivity contribution in [1.29, 1.82) is 0 Å². The number of hydrogen-bond acceptors (Lipinski definition) is 3. The fourth-order valence-corrected chi connectivity index (χ4v) is 3.09. The Balaban J connectivity index is 2.06. The van der Waals surface area contributed by atoms with E-state index in [0.717, 1.165) is 19.7 Å². The SMILES string of the molecule is COCCNCc1ccccc1Sc1ccc(C)c(C)c1. The maximum atomic E-state index is 5.06. The number of rotatable bonds is 7. The van der Waals surface area contributed by atoms with Crippen LogP contribution in [0.1, 0.15) is 16.7 Å². The molecule has 0 atom stereocenters. The highest BCUT2D eigenvalue weighted by molar-refractivity contribution is 7.99. The van der Waals surface area contributed by atoms with E-state index in [1.807, 2.05) is 11.8 Å². The van der Waals surface area contributed by atoms with Crippen LogP contribution >= 0.6 is 11.8 Å². The number of aryl methyl sites for hydroxylation is 2. The maximum absolute atomic E-state index is 5.06. The van der Waals surface area contributed by atoms with Crippen molar-refractivity contribution in [3.05, 3.63) is 59.2 Å². The third kappa shape index (κ3) is 4.88. The van der Waals surface area contributed by atoms with Gasteiger partial charge in [-0.15, -0.1) is 0 Å². The summed E-state index contributed by atoms with van der Waals surface area (Å²) in [5.74, 6) is 0. The van der Waals surface area contributed by atoms with E-state index in [1.165, 1.54) is 26.5 Å². The summed E-state index contributed by atoms with van der Waals surface area (Å²) in [5, 5.41) is 3.41. The van der Waals surface area contributed by atoms with Crippen LogP contribution in [0.4, 0.5) is 0 Å². The molecule has 2 rings (SSSR count). The molecule has 2 nitrogen and oxygen atoms in total. The molecule has 1 N–H and O–H groups in total. The second-order valence-corrected chi connectivity index (χ2v) is 6.24. The number of hydrogen-bond donors (Lipinski definition) is 1. The zero-order chi connectivity index (χ0) is 15.1. The minimum absolute atomic E-state index is 0.743. The normalized spacial score (nSPS) is 10.8. The number of methoxy groups -OCH3 is 1. The summed E-state index contributed by atoms with van der Waals surface area (Å²) in [6.07, 6.45) is 0. The molecule has 21 heavy (non-hydrogen) atoms. The van der Waals surface area contributed by atoms with Crippen molar-refractivity contribution < 1.29 is 4.74 Å². The second kappa shape index (κ2) is 8.23. The molecule has 0 saturated heterocycles. The molecule has 0 heterocycles. The molecule has 0 radical (unpaired) electrons. The minimum Gasteiger partial charge on any atom is -0.383 e. The van der Waals surface area contributed by atoms with E-state index in [4.69, 9.17) is 4.74 Å². The molecular weight excluding hydrogens is 278 g/mol. The smallest absolute Gasteiger partial charge is 0.0587 e. The third-order valence-corrected chi connectivity index (χ3v) is 4.59. The highest BCUT2D eigenvalue weighted by atomic mass is 32.2. The van der Waals surface area contributed by atoms with Gasteiger partial charge < -0.3 is 10.1 Å². The maximum Gasteiger partial charge on any atom is 0.0587 e. The van der Waals surface area contributed by atoms with E-state index >= 15 is 0 Å². The molecule has 112 valence electrons. The lowest BCUT2D eigenvalue weighted by Gasteiger charge is -2.11. The fraction of sp³-hybridized carbons (Fsp3) is 0.333. The standard InChI is InChI=1S/C18H23NOS/c1-14-8-9-17(12-15(14)2)21-18-7-5-4-6-16(18)13-19-10-11-20-3/h4-9,12,19H,10-11,13H2,1-3H3.